The normalized spacial score (nSPS) is 12.8. The first-order chi connectivity index (χ1) is 45.6. The molecule has 0 unspecified atom stereocenters. The molecule has 0 aliphatic heterocycles. The van der Waals surface area contributed by atoms with Gasteiger partial charge < -0.3 is 15.2 Å². The molecule has 2 aliphatic rings. The maximum Gasteiger partial charge on any atom is 0.248 e. The Labute approximate surface area is 529 Å². The number of carbonyl (C=O) groups is 1. The van der Waals surface area contributed by atoms with Crippen LogP contribution in [0, 0.1) is 11.6 Å². The molecular formula is C70H60F2N18O3. The number of amides is 1. The van der Waals surface area contributed by atoms with Crippen LogP contribution in [0.5, 0.6) is 11.5 Å². The Hall–Kier alpha value is -12.0. The molecule has 15 aromatic rings. The van der Waals surface area contributed by atoms with E-state index in [4.69, 9.17) is 15.2 Å². The molecule has 1 amide bonds. The summed E-state index contributed by atoms with van der Waals surface area (Å²) in [5, 5.41) is 55.1. The summed E-state index contributed by atoms with van der Waals surface area (Å²) in [6.45, 7) is 5.21. The van der Waals surface area contributed by atoms with Gasteiger partial charge in [-0.05, 0) is 209 Å². The van der Waals surface area contributed by atoms with Crippen LogP contribution in [-0.2, 0) is 0 Å². The summed E-state index contributed by atoms with van der Waals surface area (Å²) in [6.07, 6.45) is 7.51. The highest BCUT2D eigenvalue weighted by atomic mass is 19.1. The van der Waals surface area contributed by atoms with Crippen molar-refractivity contribution in [3.05, 3.63) is 205 Å². The summed E-state index contributed by atoms with van der Waals surface area (Å²) in [5.74, 6) is 5.87. The standard InChI is InChI=1S/C19H16FN5.C18H14FN5.C17H15N5O.C16H15N3O2/c20-14-7-4-11(5-8-14)17-15-10-13(6-9-16(15)22-23-17)19-21-18(24-25-19)12-2-1-3-12;19-13-6-3-10(4-7-13)16-14-9-12(5-8-15(14)21-22-16)18-20-17(23-24-18)11-1-2-11;1-2-23-13-6-3-11(4-7-13)16-14-9-12(17-18-10-19-22-17)5-8-15(14)20-21-16;1-2-21-12-6-3-10(4-7-12)15-13-9-11(16(17)20)5-8-14(13)18-19-15/h4-10,12H,1-3H2,(H,22,23)(H,21,24,25);3-9,11H,1-2H2,(H,21,22)(H,20,23,24);3-10H,2H2,1H3,(H,20,21)(H,18,19,22);3-9H,2H2,1H3,(H2,17,20)(H,18,19). The fraction of sp³-hybridized carbons (Fsp3) is 0.157. The molecule has 8 aromatic carbocycles. The predicted octanol–water partition coefficient (Wildman–Crippen LogP) is 14.6. The van der Waals surface area contributed by atoms with Gasteiger partial charge in [0.05, 0.1) is 58.1 Å². The van der Waals surface area contributed by atoms with Crippen LogP contribution in [0.1, 0.15) is 79.8 Å². The van der Waals surface area contributed by atoms with E-state index in [9.17, 15) is 13.6 Å². The Morgan fingerprint density at radius 3 is 1.19 bits per heavy atom. The molecule has 9 N–H and O–H groups in total. The van der Waals surface area contributed by atoms with Crippen LogP contribution in [0.4, 0.5) is 8.78 Å². The highest BCUT2D eigenvalue weighted by molar-refractivity contribution is 6.01. The van der Waals surface area contributed by atoms with Crippen LogP contribution in [-0.4, -0.2) is 105 Å². The minimum atomic E-state index is -0.448. The van der Waals surface area contributed by atoms with Gasteiger partial charge in [0.25, 0.3) is 0 Å². The van der Waals surface area contributed by atoms with Crippen LogP contribution < -0.4 is 15.2 Å². The van der Waals surface area contributed by atoms with Crippen molar-refractivity contribution >= 4 is 49.5 Å². The number of nitrogens with two attached hydrogens (primary N) is 1. The first-order valence-corrected chi connectivity index (χ1v) is 30.5. The van der Waals surface area contributed by atoms with E-state index in [0.717, 1.165) is 134 Å². The first-order valence-electron chi connectivity index (χ1n) is 30.5. The highest BCUT2D eigenvalue weighted by Crippen LogP contribution is 2.40. The number of carbonyl (C=O) groups excluding carboxylic acids is 1. The predicted molar refractivity (Wildman–Crippen MR) is 352 cm³/mol. The van der Waals surface area contributed by atoms with Gasteiger partial charge in [0, 0.05) is 77.9 Å². The van der Waals surface area contributed by atoms with Gasteiger partial charge in [0.1, 0.15) is 41.1 Å². The average molecular weight is 1240 g/mol. The lowest BCUT2D eigenvalue weighted by Gasteiger charge is -2.22. The quantitative estimate of drug-likeness (QED) is 0.0503. The molecular weight excluding hydrogens is 1180 g/mol. The summed E-state index contributed by atoms with van der Waals surface area (Å²) in [5.41, 5.74) is 19.4. The molecule has 0 atom stereocenters. The number of fused-ring (bicyclic) bond motifs is 4. The summed E-state index contributed by atoms with van der Waals surface area (Å²) in [6, 6.07) is 51.6. The number of halogens is 2. The van der Waals surface area contributed by atoms with E-state index in [-0.39, 0.29) is 11.6 Å². The lowest BCUT2D eigenvalue weighted by atomic mass is 9.85. The number of nitrogens with one attached hydrogen (secondary N) is 7. The van der Waals surface area contributed by atoms with Crippen molar-refractivity contribution in [1.82, 2.24) is 86.3 Å². The van der Waals surface area contributed by atoms with Crippen LogP contribution >= 0.6 is 0 Å². The molecule has 7 heterocycles. The number of hydrogen-bond donors (Lipinski definition) is 8. The third-order valence-corrected chi connectivity index (χ3v) is 16.3. The van der Waals surface area contributed by atoms with Gasteiger partial charge >= 0.3 is 0 Å². The SMILES string of the molecule is CCOc1ccc(-c2n[nH]c3ccc(-c4ncn[nH]4)cc23)cc1.CCOc1ccc(-c2n[nH]c3ccc(C(N)=O)cc23)cc1.Fc1ccc(-c2n[nH]c3ccc(-c4n[nH]c(C5CC5)n4)cc23)cc1.Fc1ccc(-c2n[nH]c3ccc(-c4n[nH]c(C5CCC5)n4)cc23)cc1. The van der Waals surface area contributed by atoms with Crippen molar-refractivity contribution in [2.75, 3.05) is 13.2 Å². The fourth-order valence-corrected chi connectivity index (χ4v) is 11.0. The molecule has 93 heavy (non-hydrogen) atoms. The highest BCUT2D eigenvalue weighted by Gasteiger charge is 2.28. The van der Waals surface area contributed by atoms with Crippen molar-refractivity contribution in [2.24, 2.45) is 5.73 Å². The largest absolute Gasteiger partial charge is 0.494 e. The number of hydrogen-bond acceptors (Lipinski definition) is 13. The van der Waals surface area contributed by atoms with Crippen LogP contribution in [0.3, 0.4) is 0 Å². The number of nitrogens with zero attached hydrogens (tertiary/aromatic N) is 10. The first kappa shape index (κ1) is 58.7. The lowest BCUT2D eigenvalue weighted by Crippen LogP contribution is -2.10. The monoisotopic (exact) mass is 1240 g/mol. The number of aromatic amines is 7. The van der Waals surface area contributed by atoms with E-state index in [1.165, 1.54) is 62.7 Å². The van der Waals surface area contributed by atoms with Gasteiger partial charge in [-0.2, -0.15) is 35.7 Å². The number of benzene rings is 8. The van der Waals surface area contributed by atoms with Gasteiger partial charge in [-0.15, -0.1) is 0 Å². The number of rotatable bonds is 14. The molecule has 2 aliphatic carbocycles. The minimum absolute atomic E-state index is 0.256. The maximum atomic E-state index is 13.2. The van der Waals surface area contributed by atoms with Gasteiger partial charge in [-0.1, -0.05) is 6.42 Å². The number of ether oxygens (including phenoxy) is 2. The van der Waals surface area contributed by atoms with Crippen LogP contribution in [0.15, 0.2) is 176 Å². The van der Waals surface area contributed by atoms with Gasteiger partial charge in [0.15, 0.2) is 17.5 Å². The minimum Gasteiger partial charge on any atom is -0.494 e. The lowest BCUT2D eigenvalue weighted by molar-refractivity contribution is 0.100. The molecule has 17 rings (SSSR count). The number of H-pyrrole nitrogens is 7. The van der Waals surface area contributed by atoms with Gasteiger partial charge in [0.2, 0.25) is 5.91 Å². The van der Waals surface area contributed by atoms with Gasteiger partial charge in [-0.25, -0.2) is 23.7 Å². The average Bonchev–Trinajstić information content (AvgIpc) is 1.79. The second-order valence-corrected chi connectivity index (χ2v) is 22.4. The zero-order valence-electron chi connectivity index (χ0n) is 50.4. The van der Waals surface area contributed by atoms with Crippen molar-refractivity contribution in [2.45, 2.75) is 57.8 Å². The Bertz CT molecular complexity index is 5060. The molecule has 21 nitrogen and oxygen atoms in total. The second kappa shape index (κ2) is 25.8. The van der Waals surface area contributed by atoms with E-state index in [1.54, 1.807) is 42.5 Å². The molecule has 0 spiro atoms. The molecule has 2 saturated carbocycles. The van der Waals surface area contributed by atoms with E-state index in [1.807, 2.05) is 111 Å². The Morgan fingerprint density at radius 1 is 0.441 bits per heavy atom. The fourth-order valence-electron chi connectivity index (χ4n) is 11.0. The second-order valence-electron chi connectivity index (χ2n) is 22.4. The summed E-state index contributed by atoms with van der Waals surface area (Å²) in [4.78, 5) is 24.8. The summed E-state index contributed by atoms with van der Waals surface area (Å²) >= 11 is 0. The summed E-state index contributed by atoms with van der Waals surface area (Å²) in [7, 11) is 0. The van der Waals surface area contributed by atoms with Crippen LogP contribution in [0.25, 0.3) is 123 Å². The third-order valence-electron chi connectivity index (χ3n) is 16.3. The topological polar surface area (TPSA) is 301 Å². The van der Waals surface area contributed by atoms with Crippen molar-refractivity contribution < 1.29 is 23.0 Å². The Morgan fingerprint density at radius 2 is 0.817 bits per heavy atom. The van der Waals surface area contributed by atoms with Crippen molar-refractivity contribution in [3.63, 3.8) is 0 Å². The Balaban J connectivity index is 0.000000108. The molecule has 23 heteroatoms. The van der Waals surface area contributed by atoms with E-state index < -0.39 is 5.91 Å². The Kier molecular flexibility index (Phi) is 16.3. The number of aromatic nitrogens is 17. The van der Waals surface area contributed by atoms with E-state index in [2.05, 4.69) is 92.4 Å². The van der Waals surface area contributed by atoms with Crippen LogP contribution in [0.2, 0.25) is 0 Å². The number of primary amides is 1. The van der Waals surface area contributed by atoms with Crippen molar-refractivity contribution in [1.29, 1.82) is 0 Å². The molecule has 2 fully saturated rings. The van der Waals surface area contributed by atoms with E-state index in [0.29, 0.717) is 42.3 Å². The molecule has 0 bridgehead atoms. The molecule has 0 saturated heterocycles. The van der Waals surface area contributed by atoms with Gasteiger partial charge in [-0.3, -0.25) is 40.5 Å². The zero-order valence-corrected chi connectivity index (χ0v) is 50.4. The smallest absolute Gasteiger partial charge is 0.248 e. The zero-order chi connectivity index (χ0) is 63.4. The van der Waals surface area contributed by atoms with E-state index >= 15 is 0 Å². The molecule has 0 radical (unpaired) electrons. The maximum absolute atomic E-state index is 13.2. The molecule has 7 aromatic heterocycles. The summed E-state index contributed by atoms with van der Waals surface area (Å²) < 4.78 is 37.2. The van der Waals surface area contributed by atoms with Crippen molar-refractivity contribution in [3.8, 4) is 90.7 Å². The third kappa shape index (κ3) is 12.7. The molecule has 462 valence electrons.